The van der Waals surface area contributed by atoms with E-state index in [2.05, 4.69) is 47.4 Å². The van der Waals surface area contributed by atoms with Crippen LogP contribution in [0.5, 0.6) is 0 Å². The maximum atomic E-state index is 11.9. The number of nitrogens with one attached hydrogen (secondary N) is 1. The van der Waals surface area contributed by atoms with Gasteiger partial charge in [0.2, 0.25) is 5.91 Å². The van der Waals surface area contributed by atoms with E-state index >= 15 is 0 Å². The van der Waals surface area contributed by atoms with Gasteiger partial charge in [0, 0.05) is 8.95 Å². The van der Waals surface area contributed by atoms with Crippen molar-refractivity contribution >= 4 is 66.6 Å². The summed E-state index contributed by atoms with van der Waals surface area (Å²) in [7, 11) is 0. The Hall–Kier alpha value is -0.440. The van der Waals surface area contributed by atoms with E-state index < -0.39 is 0 Å². The number of benzene rings is 1. The lowest BCUT2D eigenvalue weighted by atomic mass is 10.2. The van der Waals surface area contributed by atoms with Crippen LogP contribution in [0.15, 0.2) is 30.9 Å². The van der Waals surface area contributed by atoms with Crippen LogP contribution in [0.3, 0.4) is 0 Å². The fourth-order valence-corrected chi connectivity index (χ4v) is 4.25. The molecule has 1 heterocycles. The molecule has 0 unspecified atom stereocenters. The van der Waals surface area contributed by atoms with Crippen LogP contribution in [0.1, 0.15) is 5.56 Å². The fraction of sp³-hybridized carbons (Fsp3) is 0.182. The average Bonchev–Trinajstić information content (AvgIpc) is 2.84. The Morgan fingerprint density at radius 1 is 1.42 bits per heavy atom. The number of aryl methyl sites for hydroxylation is 1. The van der Waals surface area contributed by atoms with Gasteiger partial charge in [0.15, 0.2) is 4.34 Å². The van der Waals surface area contributed by atoms with Gasteiger partial charge in [-0.25, -0.2) is 0 Å². The molecule has 2 aromatic rings. The van der Waals surface area contributed by atoms with Crippen LogP contribution in [-0.4, -0.2) is 21.9 Å². The zero-order valence-corrected chi connectivity index (χ0v) is 14.6. The average molecular weight is 423 g/mol. The molecule has 0 aliphatic heterocycles. The van der Waals surface area contributed by atoms with Gasteiger partial charge >= 0.3 is 0 Å². The van der Waals surface area contributed by atoms with Crippen molar-refractivity contribution in [2.75, 3.05) is 11.1 Å². The molecule has 0 aliphatic carbocycles. The second-order valence-corrected chi connectivity index (χ2v) is 7.41. The standard InChI is InChI=1S/C11H9Br2N3OS2/c1-6-2-7(12)10(8(13)3-6)15-9(17)4-18-11-16-14-5-19-11/h2-3,5H,4H2,1H3,(H,15,17). The van der Waals surface area contributed by atoms with Gasteiger partial charge in [-0.2, -0.15) is 0 Å². The van der Waals surface area contributed by atoms with Crippen molar-refractivity contribution in [3.8, 4) is 0 Å². The number of hydrogen-bond acceptors (Lipinski definition) is 5. The molecule has 2 rings (SSSR count). The third-order valence-corrected chi connectivity index (χ3v) is 5.23. The fourth-order valence-electron chi connectivity index (χ4n) is 1.35. The predicted molar refractivity (Wildman–Crippen MR) is 85.8 cm³/mol. The van der Waals surface area contributed by atoms with Gasteiger partial charge in [-0.05, 0) is 56.5 Å². The molecule has 0 radical (unpaired) electrons. The van der Waals surface area contributed by atoms with E-state index in [1.807, 2.05) is 19.1 Å². The number of thioether (sulfide) groups is 1. The Bertz CT molecular complexity index is 567. The second kappa shape index (κ2) is 6.83. The summed E-state index contributed by atoms with van der Waals surface area (Å²) in [5, 5.41) is 10.5. The van der Waals surface area contributed by atoms with Crippen molar-refractivity contribution < 1.29 is 4.79 Å². The molecule has 0 atom stereocenters. The first-order chi connectivity index (χ1) is 9.06. The molecule has 0 spiro atoms. The summed E-state index contributed by atoms with van der Waals surface area (Å²) in [5.74, 6) is 0.229. The molecule has 0 saturated heterocycles. The third-order valence-electron chi connectivity index (χ3n) is 2.12. The van der Waals surface area contributed by atoms with Gasteiger partial charge in [0.05, 0.1) is 11.4 Å². The van der Waals surface area contributed by atoms with E-state index in [1.54, 1.807) is 5.51 Å². The molecular weight excluding hydrogens is 414 g/mol. The normalized spacial score (nSPS) is 10.5. The lowest BCUT2D eigenvalue weighted by Crippen LogP contribution is -2.14. The van der Waals surface area contributed by atoms with Gasteiger partial charge in [-0.1, -0.05) is 23.1 Å². The van der Waals surface area contributed by atoms with E-state index in [4.69, 9.17) is 0 Å². The van der Waals surface area contributed by atoms with Crippen LogP contribution in [0.2, 0.25) is 0 Å². The van der Waals surface area contributed by atoms with Gasteiger partial charge < -0.3 is 5.32 Å². The molecule has 0 aliphatic rings. The summed E-state index contributed by atoms with van der Waals surface area (Å²) in [6.07, 6.45) is 0. The highest BCUT2D eigenvalue weighted by atomic mass is 79.9. The number of rotatable bonds is 4. The molecule has 1 aromatic heterocycles. The summed E-state index contributed by atoms with van der Waals surface area (Å²) in [5.41, 5.74) is 3.50. The lowest BCUT2D eigenvalue weighted by Gasteiger charge is -2.10. The van der Waals surface area contributed by atoms with Crippen molar-refractivity contribution in [1.82, 2.24) is 10.2 Å². The molecular formula is C11H9Br2N3OS2. The zero-order valence-electron chi connectivity index (χ0n) is 9.81. The Morgan fingerprint density at radius 3 is 2.68 bits per heavy atom. The highest BCUT2D eigenvalue weighted by Gasteiger charge is 2.11. The van der Waals surface area contributed by atoms with Crippen molar-refractivity contribution in [2.45, 2.75) is 11.3 Å². The zero-order chi connectivity index (χ0) is 13.8. The smallest absolute Gasteiger partial charge is 0.234 e. The summed E-state index contributed by atoms with van der Waals surface area (Å²) in [4.78, 5) is 11.9. The Morgan fingerprint density at radius 2 is 2.11 bits per heavy atom. The Kier molecular flexibility index (Phi) is 5.37. The van der Waals surface area contributed by atoms with E-state index in [0.717, 1.165) is 24.5 Å². The second-order valence-electron chi connectivity index (χ2n) is 3.65. The number of carbonyl (C=O) groups excluding carboxylic acids is 1. The molecule has 1 aromatic carbocycles. The Balaban J connectivity index is 1.99. The number of hydrogen-bond donors (Lipinski definition) is 1. The Labute approximate surface area is 135 Å². The highest BCUT2D eigenvalue weighted by Crippen LogP contribution is 2.32. The SMILES string of the molecule is Cc1cc(Br)c(NC(=O)CSc2nncs2)c(Br)c1. The van der Waals surface area contributed by atoms with Gasteiger partial charge in [0.1, 0.15) is 5.51 Å². The minimum Gasteiger partial charge on any atom is -0.323 e. The van der Waals surface area contributed by atoms with Crippen molar-refractivity contribution in [2.24, 2.45) is 0 Å². The number of halogens is 2. The van der Waals surface area contributed by atoms with Gasteiger partial charge in [-0.15, -0.1) is 10.2 Å². The molecule has 100 valence electrons. The van der Waals surface area contributed by atoms with Gasteiger partial charge in [-0.3, -0.25) is 4.79 Å². The summed E-state index contributed by atoms with van der Waals surface area (Å²) in [6.45, 7) is 1.99. The highest BCUT2D eigenvalue weighted by molar-refractivity contribution is 9.11. The molecule has 4 nitrogen and oxygen atoms in total. The van der Waals surface area contributed by atoms with E-state index in [-0.39, 0.29) is 5.91 Å². The first-order valence-corrected chi connectivity index (χ1v) is 8.66. The minimum absolute atomic E-state index is 0.0783. The lowest BCUT2D eigenvalue weighted by molar-refractivity contribution is -0.113. The van der Waals surface area contributed by atoms with Crippen LogP contribution in [-0.2, 0) is 4.79 Å². The molecule has 0 fully saturated rings. The summed E-state index contributed by atoms with van der Waals surface area (Å²) in [6, 6.07) is 3.91. The van der Waals surface area contributed by atoms with Crippen LogP contribution in [0, 0.1) is 6.92 Å². The topological polar surface area (TPSA) is 54.9 Å². The van der Waals surface area contributed by atoms with Crippen LogP contribution >= 0.6 is 55.0 Å². The van der Waals surface area contributed by atoms with E-state index in [9.17, 15) is 4.79 Å². The monoisotopic (exact) mass is 421 g/mol. The van der Waals surface area contributed by atoms with E-state index in [1.165, 1.54) is 23.1 Å². The quantitative estimate of drug-likeness (QED) is 0.753. The van der Waals surface area contributed by atoms with Crippen molar-refractivity contribution in [3.63, 3.8) is 0 Å². The first-order valence-electron chi connectivity index (χ1n) is 5.20. The molecule has 0 bridgehead atoms. The molecule has 1 N–H and O–H groups in total. The number of anilines is 1. The summed E-state index contributed by atoms with van der Waals surface area (Å²) >= 11 is 9.68. The van der Waals surface area contributed by atoms with Crippen molar-refractivity contribution in [1.29, 1.82) is 0 Å². The van der Waals surface area contributed by atoms with E-state index in [0.29, 0.717) is 5.75 Å². The minimum atomic E-state index is -0.0783. The molecule has 1 amide bonds. The maximum Gasteiger partial charge on any atom is 0.234 e. The third kappa shape index (κ3) is 4.27. The number of aromatic nitrogens is 2. The first kappa shape index (κ1) is 15.0. The molecule has 0 saturated carbocycles. The molecule has 8 heteroatoms. The summed E-state index contributed by atoms with van der Waals surface area (Å²) < 4.78 is 2.50. The maximum absolute atomic E-state index is 11.9. The largest absolute Gasteiger partial charge is 0.323 e. The van der Waals surface area contributed by atoms with Crippen LogP contribution in [0.25, 0.3) is 0 Å². The van der Waals surface area contributed by atoms with Crippen LogP contribution in [0.4, 0.5) is 5.69 Å². The number of amides is 1. The van der Waals surface area contributed by atoms with Crippen molar-refractivity contribution in [3.05, 3.63) is 32.2 Å². The van der Waals surface area contributed by atoms with Crippen LogP contribution < -0.4 is 5.32 Å². The predicted octanol–water partition coefficient (Wildman–Crippen LogP) is 4.10. The number of carbonyl (C=O) groups is 1. The molecule has 19 heavy (non-hydrogen) atoms. The van der Waals surface area contributed by atoms with Gasteiger partial charge in [0.25, 0.3) is 0 Å². The number of nitrogens with zero attached hydrogens (tertiary/aromatic N) is 2.